The molecule has 1 aromatic heterocycles. The van der Waals surface area contributed by atoms with E-state index in [-0.39, 0.29) is 11.5 Å². The van der Waals surface area contributed by atoms with Gasteiger partial charge in [-0.05, 0) is 12.1 Å². The minimum absolute atomic E-state index is 0.138. The summed E-state index contributed by atoms with van der Waals surface area (Å²) >= 11 is 0. The summed E-state index contributed by atoms with van der Waals surface area (Å²) in [6, 6.07) is 4.46. The predicted molar refractivity (Wildman–Crippen MR) is 55.0 cm³/mol. The molecular weight excluding hydrogens is 192 g/mol. The third kappa shape index (κ3) is 1.54. The maximum absolute atomic E-state index is 9.68. The summed E-state index contributed by atoms with van der Waals surface area (Å²) in [4.78, 5) is 0. The molecule has 2 aromatic rings. The van der Waals surface area contributed by atoms with Gasteiger partial charge in [0.05, 0.1) is 7.05 Å². The number of phenols is 2. The number of nitrogens with zero attached hydrogens (tertiary/aromatic N) is 2. The van der Waals surface area contributed by atoms with Crippen LogP contribution in [0.2, 0.25) is 0 Å². The zero-order valence-electron chi connectivity index (χ0n) is 8.68. The van der Waals surface area contributed by atoms with Crippen LogP contribution in [0.4, 0.5) is 0 Å². The van der Waals surface area contributed by atoms with Crippen LogP contribution < -0.4 is 4.57 Å². The van der Waals surface area contributed by atoms with Gasteiger partial charge in [0.15, 0.2) is 11.4 Å². The molecule has 0 spiro atoms. The highest BCUT2D eigenvalue weighted by molar-refractivity contribution is 5.50. The van der Waals surface area contributed by atoms with Crippen LogP contribution in [-0.4, -0.2) is 14.8 Å². The Morgan fingerprint density at radius 1 is 1.27 bits per heavy atom. The second kappa shape index (κ2) is 3.31. The first-order valence-corrected chi connectivity index (χ1v) is 4.65. The summed E-state index contributed by atoms with van der Waals surface area (Å²) < 4.78 is 3.75. The fraction of sp³-hybridized carbons (Fsp3) is 0.182. The van der Waals surface area contributed by atoms with Gasteiger partial charge in [-0.3, -0.25) is 0 Å². The van der Waals surface area contributed by atoms with E-state index < -0.39 is 0 Å². The van der Waals surface area contributed by atoms with Gasteiger partial charge in [0, 0.05) is 13.0 Å². The molecule has 2 rings (SSSR count). The lowest BCUT2D eigenvalue weighted by atomic mass is 10.2. The Morgan fingerprint density at radius 3 is 2.60 bits per heavy atom. The normalized spacial score (nSPS) is 10.5. The van der Waals surface area contributed by atoms with Crippen LogP contribution in [0, 0.1) is 6.92 Å². The average molecular weight is 205 g/mol. The first kappa shape index (κ1) is 9.58. The lowest BCUT2D eigenvalue weighted by Gasteiger charge is -2.02. The molecule has 1 heterocycles. The van der Waals surface area contributed by atoms with E-state index >= 15 is 0 Å². The van der Waals surface area contributed by atoms with E-state index in [0.717, 1.165) is 5.82 Å². The minimum Gasteiger partial charge on any atom is -0.508 e. The zero-order valence-corrected chi connectivity index (χ0v) is 8.68. The zero-order chi connectivity index (χ0) is 11.0. The second-order valence-corrected chi connectivity index (χ2v) is 3.50. The lowest BCUT2D eigenvalue weighted by Crippen LogP contribution is -2.29. The third-order valence-electron chi connectivity index (χ3n) is 2.52. The van der Waals surface area contributed by atoms with Gasteiger partial charge in [-0.25, -0.2) is 4.57 Å². The largest absolute Gasteiger partial charge is 0.508 e. The van der Waals surface area contributed by atoms with Crippen LogP contribution in [0.25, 0.3) is 5.69 Å². The average Bonchev–Trinajstić information content (AvgIpc) is 2.52. The van der Waals surface area contributed by atoms with Crippen LogP contribution in [0.3, 0.4) is 0 Å². The molecule has 4 nitrogen and oxygen atoms in total. The van der Waals surface area contributed by atoms with E-state index in [1.807, 2.05) is 35.5 Å². The van der Waals surface area contributed by atoms with E-state index in [1.54, 1.807) is 0 Å². The quantitative estimate of drug-likeness (QED) is 0.539. The highest BCUT2D eigenvalue weighted by atomic mass is 16.3. The Hall–Kier alpha value is -1.97. The molecule has 0 saturated heterocycles. The number of aromatic hydroxyl groups is 2. The molecule has 0 aliphatic heterocycles. The van der Waals surface area contributed by atoms with Crippen LogP contribution in [-0.2, 0) is 7.05 Å². The van der Waals surface area contributed by atoms with Crippen molar-refractivity contribution in [3.8, 4) is 17.2 Å². The lowest BCUT2D eigenvalue weighted by molar-refractivity contribution is -0.677. The molecule has 0 unspecified atom stereocenters. The van der Waals surface area contributed by atoms with Gasteiger partial charge in [-0.15, -0.1) is 0 Å². The Labute approximate surface area is 87.7 Å². The fourth-order valence-corrected chi connectivity index (χ4v) is 1.51. The molecule has 78 valence electrons. The van der Waals surface area contributed by atoms with Gasteiger partial charge in [0.1, 0.15) is 18.1 Å². The monoisotopic (exact) mass is 205 g/mol. The van der Waals surface area contributed by atoms with Crippen LogP contribution in [0.1, 0.15) is 5.82 Å². The number of phenolic OH excluding ortho intramolecular Hbond substituents is 2. The van der Waals surface area contributed by atoms with Gasteiger partial charge in [0.2, 0.25) is 0 Å². The van der Waals surface area contributed by atoms with Crippen molar-refractivity contribution in [1.29, 1.82) is 0 Å². The maximum atomic E-state index is 9.68. The van der Waals surface area contributed by atoms with Gasteiger partial charge in [0.25, 0.3) is 5.82 Å². The molecule has 0 aliphatic carbocycles. The van der Waals surface area contributed by atoms with Crippen LogP contribution in [0.15, 0.2) is 30.6 Å². The first-order chi connectivity index (χ1) is 7.09. The molecule has 0 fully saturated rings. The third-order valence-corrected chi connectivity index (χ3v) is 2.52. The standard InChI is InChI=1S/C11H12N2O2/c1-8-12(2)5-6-13(8)10-7-9(14)3-4-11(10)15/h3-7H,1-2H3,(H-,14,15)/p+1. The van der Waals surface area contributed by atoms with Crippen molar-refractivity contribution in [2.75, 3.05) is 0 Å². The number of aromatic nitrogens is 2. The van der Waals surface area contributed by atoms with E-state index in [1.165, 1.54) is 18.2 Å². The summed E-state index contributed by atoms with van der Waals surface area (Å²) in [7, 11) is 1.92. The van der Waals surface area contributed by atoms with Gasteiger partial charge in [-0.1, -0.05) is 0 Å². The van der Waals surface area contributed by atoms with Gasteiger partial charge < -0.3 is 10.2 Å². The van der Waals surface area contributed by atoms with Crippen molar-refractivity contribution in [2.24, 2.45) is 7.05 Å². The number of rotatable bonds is 1. The number of benzene rings is 1. The molecule has 2 N–H and O–H groups in total. The Kier molecular flexibility index (Phi) is 2.11. The van der Waals surface area contributed by atoms with E-state index in [4.69, 9.17) is 0 Å². The Balaban J connectivity index is 2.63. The van der Waals surface area contributed by atoms with Gasteiger partial charge in [-0.2, -0.15) is 4.57 Å². The molecule has 1 aromatic carbocycles. The second-order valence-electron chi connectivity index (χ2n) is 3.50. The summed E-state index contributed by atoms with van der Waals surface area (Å²) in [5, 5.41) is 19.0. The number of hydrogen-bond donors (Lipinski definition) is 2. The highest BCUT2D eigenvalue weighted by Gasteiger charge is 2.15. The van der Waals surface area contributed by atoms with E-state index in [0.29, 0.717) is 5.69 Å². The molecule has 15 heavy (non-hydrogen) atoms. The summed E-state index contributed by atoms with van der Waals surface area (Å²) in [6.45, 7) is 1.93. The molecule has 0 radical (unpaired) electrons. The molecular formula is C11H13N2O2+. The predicted octanol–water partition coefficient (Wildman–Crippen LogP) is 1.02. The number of hydrogen-bond acceptors (Lipinski definition) is 2. The van der Waals surface area contributed by atoms with E-state index in [9.17, 15) is 10.2 Å². The molecule has 0 atom stereocenters. The van der Waals surface area contributed by atoms with Crippen molar-refractivity contribution in [3.63, 3.8) is 0 Å². The van der Waals surface area contributed by atoms with Crippen molar-refractivity contribution in [3.05, 3.63) is 36.4 Å². The summed E-state index contributed by atoms with van der Waals surface area (Å²) in [5.74, 6) is 1.25. The van der Waals surface area contributed by atoms with Crippen LogP contribution >= 0.6 is 0 Å². The number of imidazole rings is 1. The molecule has 4 heteroatoms. The highest BCUT2D eigenvalue weighted by Crippen LogP contribution is 2.26. The van der Waals surface area contributed by atoms with Crippen LogP contribution in [0.5, 0.6) is 11.5 Å². The smallest absolute Gasteiger partial charge is 0.258 e. The summed E-state index contributed by atoms with van der Waals surface area (Å²) in [5.41, 5.74) is 0.577. The SMILES string of the molecule is Cc1n(-c2cc(O)ccc2O)cc[n+]1C. The summed E-state index contributed by atoms with van der Waals surface area (Å²) in [6.07, 6.45) is 3.72. The molecule has 0 aliphatic rings. The van der Waals surface area contributed by atoms with Crippen molar-refractivity contribution >= 4 is 0 Å². The topological polar surface area (TPSA) is 49.3 Å². The Bertz CT molecular complexity index is 503. The first-order valence-electron chi connectivity index (χ1n) is 4.65. The molecule has 0 saturated carbocycles. The Morgan fingerprint density at radius 2 is 2.00 bits per heavy atom. The minimum atomic E-state index is 0.138. The van der Waals surface area contributed by atoms with Crippen molar-refractivity contribution in [1.82, 2.24) is 4.57 Å². The fourth-order valence-electron chi connectivity index (χ4n) is 1.51. The molecule has 0 bridgehead atoms. The number of aryl methyl sites for hydroxylation is 1. The van der Waals surface area contributed by atoms with Crippen molar-refractivity contribution in [2.45, 2.75) is 6.92 Å². The van der Waals surface area contributed by atoms with E-state index in [2.05, 4.69) is 0 Å². The molecule has 0 amide bonds. The maximum Gasteiger partial charge on any atom is 0.258 e. The van der Waals surface area contributed by atoms with Crippen molar-refractivity contribution < 1.29 is 14.8 Å². The van der Waals surface area contributed by atoms with Gasteiger partial charge >= 0.3 is 0 Å².